The summed E-state index contributed by atoms with van der Waals surface area (Å²) >= 11 is 3.00. The highest BCUT2D eigenvalue weighted by atomic mass is 33.1. The van der Waals surface area contributed by atoms with Gasteiger partial charge in [-0.1, -0.05) is 21.6 Å². The number of carbonyl (C=O) groups excluding carboxylic acids is 10. The number of hydrogen-bond donors (Lipinski definition) is 4. The molecule has 0 radical (unpaired) electrons. The van der Waals surface area contributed by atoms with E-state index in [9.17, 15) is 47.9 Å². The third-order valence-electron chi connectivity index (χ3n) is 9.77. The van der Waals surface area contributed by atoms with E-state index in [2.05, 4.69) is 21.3 Å². The summed E-state index contributed by atoms with van der Waals surface area (Å²) in [7, 11) is 12.2. The van der Waals surface area contributed by atoms with Gasteiger partial charge in [-0.3, -0.25) is 38.4 Å². The maximum atomic E-state index is 14.5. The zero-order chi connectivity index (χ0) is 53.0. The molecule has 0 saturated carbocycles. The van der Waals surface area contributed by atoms with Crippen molar-refractivity contribution in [3.05, 3.63) is 0 Å². The van der Waals surface area contributed by atoms with Crippen molar-refractivity contribution in [1.29, 1.82) is 0 Å². The Morgan fingerprint density at radius 1 is 0.824 bits per heavy atom. The highest BCUT2D eigenvalue weighted by molar-refractivity contribution is 8.76. The fourth-order valence-corrected chi connectivity index (χ4v) is 9.01. The Morgan fingerprint density at radius 3 is 1.87 bits per heavy atom. The van der Waals surface area contributed by atoms with Gasteiger partial charge in [0.05, 0.1) is 13.1 Å². The van der Waals surface area contributed by atoms with Gasteiger partial charge in [0, 0.05) is 73.1 Å². The number of rotatable bonds is 11. The zero-order valence-corrected chi connectivity index (χ0v) is 46.2. The van der Waals surface area contributed by atoms with E-state index in [1.807, 2.05) is 12.5 Å². The van der Waals surface area contributed by atoms with Crippen LogP contribution in [0.5, 0.6) is 0 Å². The van der Waals surface area contributed by atoms with Crippen LogP contribution < -0.4 is 21.3 Å². The van der Waals surface area contributed by atoms with Gasteiger partial charge in [0.1, 0.15) is 47.5 Å². The normalized spacial score (nSPS) is 20.2. The molecule has 1 aliphatic heterocycles. The maximum absolute atomic E-state index is 14.5. The molecule has 1 heterocycles. The Kier molecular flexibility index (Phi) is 27.8. The lowest BCUT2D eigenvalue weighted by molar-refractivity contribution is -0.148. The topological polar surface area (TPSA) is 257 Å². The van der Waals surface area contributed by atoms with Gasteiger partial charge in [0.15, 0.2) is 0 Å². The van der Waals surface area contributed by atoms with Crippen molar-refractivity contribution in [1.82, 2.24) is 50.7 Å². The van der Waals surface area contributed by atoms with Crippen LogP contribution in [0, 0.1) is 0 Å². The first-order chi connectivity index (χ1) is 31.3. The quantitative estimate of drug-likeness (QED) is 0.207. The molecule has 10 amide bonds. The summed E-state index contributed by atoms with van der Waals surface area (Å²) in [6.07, 6.45) is 3.98. The van der Waals surface area contributed by atoms with Crippen molar-refractivity contribution in [2.24, 2.45) is 0 Å². The average molecular weight is 1040 g/mol. The minimum atomic E-state index is -1.46. The van der Waals surface area contributed by atoms with Crippen molar-refractivity contribution in [2.45, 2.75) is 103 Å². The van der Waals surface area contributed by atoms with Gasteiger partial charge < -0.3 is 60.1 Å². The van der Waals surface area contributed by atoms with Gasteiger partial charge in [-0.05, 0) is 74.2 Å². The molecule has 0 aliphatic carbocycles. The molecule has 6 atom stereocenters. The van der Waals surface area contributed by atoms with Crippen LogP contribution in [0.15, 0.2) is 0 Å². The first kappa shape index (κ1) is 63.7. The molecule has 1 saturated heterocycles. The summed E-state index contributed by atoms with van der Waals surface area (Å²) in [6.45, 7) is 11.1. The number of likely N-dealkylation sites (N-methyl/N-ethyl adjacent to an activating group) is 6. The second-order valence-electron chi connectivity index (χ2n) is 18.0. The largest absolute Gasteiger partial charge is 0.444 e. The molecule has 0 aromatic carbocycles. The SMILES string of the molecule is CSC.CSC[C@H]1C(=O)N(C)C[C@@H](NC(=O)OC(C)(C)C)C(=O)NCC(=O)N(C)[C@H](C(=O)N(C)[C@@H](C)C(=O)N(C)C)CSSC[C@H](N(C)C(=O)CNC(=O)[C@@H](C)NC(=O)OC(C)(C)C)C(=O)N1C. The number of thioether (sulfide) groups is 2. The Balaban J connectivity index is 0.0000145. The van der Waals surface area contributed by atoms with E-state index in [1.54, 1.807) is 59.6 Å². The zero-order valence-electron chi connectivity index (χ0n) is 42.9. The third kappa shape index (κ3) is 22.0. The van der Waals surface area contributed by atoms with Crippen LogP contribution in [-0.4, -0.2) is 241 Å². The molecular formula is C42H76N10O12S4. The standard InChI is InChI=1S/C40H70N10O12S3.C2H6S/c1-23(43-37(59)61-39(3,4)5)31(53)41-17-29(51)49(14)28-22-65-64-21-27(35(57)47(12)24(2)33(55)45(9)10)48(13)30(52)18-42-32(54)25(44-38(60)62-40(6,7)8)19-46(11)34(56)26(20-63-16)50(15)36(28)58;1-3-2/h23-28H,17-22H2,1-16H3,(H,41,53)(H,42,54)(H,43,59)(H,44,60);1-2H3/t23-,24+,25-,26+,27+,28+;/m1./s1. The number of nitrogens with zero attached hydrogens (tertiary/aromatic N) is 6. The minimum Gasteiger partial charge on any atom is -0.444 e. The molecule has 22 nitrogen and oxygen atoms in total. The van der Waals surface area contributed by atoms with Crippen molar-refractivity contribution < 1.29 is 57.4 Å². The lowest BCUT2D eigenvalue weighted by Crippen LogP contribution is -2.60. The number of amides is 10. The summed E-state index contributed by atoms with van der Waals surface area (Å²) in [5.41, 5.74) is -1.78. The fraction of sp³-hybridized carbons (Fsp3) is 0.762. The Morgan fingerprint density at radius 2 is 1.35 bits per heavy atom. The number of hydrogen-bond acceptors (Lipinski definition) is 16. The summed E-state index contributed by atoms with van der Waals surface area (Å²) in [4.78, 5) is 142. The summed E-state index contributed by atoms with van der Waals surface area (Å²) in [5, 5.41) is 9.81. The van der Waals surface area contributed by atoms with E-state index in [1.165, 1.54) is 89.6 Å². The second kappa shape index (κ2) is 29.7. The molecule has 390 valence electrons. The highest BCUT2D eigenvalue weighted by Crippen LogP contribution is 2.27. The van der Waals surface area contributed by atoms with Crippen LogP contribution in [0.1, 0.15) is 55.4 Å². The molecule has 0 spiro atoms. The monoisotopic (exact) mass is 1040 g/mol. The van der Waals surface area contributed by atoms with Gasteiger partial charge in [0.25, 0.3) is 0 Å². The highest BCUT2D eigenvalue weighted by Gasteiger charge is 2.39. The predicted molar refractivity (Wildman–Crippen MR) is 269 cm³/mol. The van der Waals surface area contributed by atoms with Gasteiger partial charge in [-0.25, -0.2) is 9.59 Å². The minimum absolute atomic E-state index is 0.0822. The van der Waals surface area contributed by atoms with E-state index >= 15 is 0 Å². The molecule has 0 aromatic heterocycles. The van der Waals surface area contributed by atoms with E-state index < -0.39 is 121 Å². The summed E-state index contributed by atoms with van der Waals surface area (Å²) < 4.78 is 10.6. The van der Waals surface area contributed by atoms with Crippen LogP contribution in [0.2, 0.25) is 0 Å². The van der Waals surface area contributed by atoms with Gasteiger partial charge in [-0.2, -0.15) is 23.5 Å². The first-order valence-electron chi connectivity index (χ1n) is 21.4. The molecule has 26 heteroatoms. The lowest BCUT2D eigenvalue weighted by Gasteiger charge is -2.36. The van der Waals surface area contributed by atoms with Crippen LogP contribution in [0.3, 0.4) is 0 Å². The van der Waals surface area contributed by atoms with E-state index in [0.717, 1.165) is 36.3 Å². The Labute approximate surface area is 418 Å². The van der Waals surface area contributed by atoms with E-state index in [-0.39, 0.29) is 23.2 Å². The fourth-order valence-electron chi connectivity index (χ4n) is 5.79. The Bertz CT molecular complexity index is 1770. The molecule has 0 unspecified atom stereocenters. The van der Waals surface area contributed by atoms with Crippen LogP contribution >= 0.6 is 45.1 Å². The molecule has 1 aliphatic rings. The second-order valence-corrected chi connectivity index (χ2v) is 22.3. The molecule has 1 rings (SSSR count). The molecule has 0 aromatic rings. The summed E-state index contributed by atoms with van der Waals surface area (Å²) in [5.74, 6) is -5.34. The maximum Gasteiger partial charge on any atom is 0.408 e. The smallest absolute Gasteiger partial charge is 0.408 e. The van der Waals surface area contributed by atoms with Crippen LogP contribution in [-0.2, 0) is 47.8 Å². The van der Waals surface area contributed by atoms with Crippen LogP contribution in [0.4, 0.5) is 9.59 Å². The molecule has 0 bridgehead atoms. The molecule has 1 fully saturated rings. The van der Waals surface area contributed by atoms with Crippen molar-refractivity contribution in [3.8, 4) is 0 Å². The van der Waals surface area contributed by atoms with Crippen molar-refractivity contribution in [3.63, 3.8) is 0 Å². The predicted octanol–water partition coefficient (Wildman–Crippen LogP) is 0.637. The van der Waals surface area contributed by atoms with Gasteiger partial charge >= 0.3 is 12.2 Å². The third-order valence-corrected chi connectivity index (χ3v) is 12.8. The first-order valence-corrected chi connectivity index (χ1v) is 27.0. The van der Waals surface area contributed by atoms with Crippen molar-refractivity contribution in [2.75, 3.05) is 105 Å². The van der Waals surface area contributed by atoms with Crippen molar-refractivity contribution >= 4 is 105 Å². The number of alkyl carbamates (subject to hydrolysis) is 2. The lowest BCUT2D eigenvalue weighted by atomic mass is 10.1. The number of ether oxygens (including phenoxy) is 2. The van der Waals surface area contributed by atoms with E-state index in [4.69, 9.17) is 9.47 Å². The Hall–Kier alpha value is -4.30. The number of nitrogens with one attached hydrogen (secondary N) is 4. The number of carbonyl (C=O) groups is 10. The van der Waals surface area contributed by atoms with Gasteiger partial charge in [-0.15, -0.1) is 0 Å². The summed E-state index contributed by atoms with van der Waals surface area (Å²) in [6, 6.07) is -7.09. The molecule has 4 N–H and O–H groups in total. The average Bonchev–Trinajstić information content (AvgIpc) is 3.23. The van der Waals surface area contributed by atoms with E-state index in [0.29, 0.717) is 0 Å². The van der Waals surface area contributed by atoms with Crippen LogP contribution in [0.25, 0.3) is 0 Å². The molecule has 68 heavy (non-hydrogen) atoms. The van der Waals surface area contributed by atoms with Gasteiger partial charge in [0.2, 0.25) is 47.3 Å². The molecular weight excluding hydrogens is 965 g/mol.